The summed E-state index contributed by atoms with van der Waals surface area (Å²) in [5.74, 6) is 3.80. The van der Waals surface area contributed by atoms with Crippen LogP contribution in [0.1, 0.15) is 22.3 Å². The van der Waals surface area contributed by atoms with E-state index in [1.54, 1.807) is 6.33 Å². The molecule has 1 aliphatic heterocycles. The lowest BCUT2D eigenvalue weighted by molar-refractivity contribution is 0.360. The third-order valence-corrected chi connectivity index (χ3v) is 11.6. The molecule has 0 N–H and O–H groups in total. The number of ether oxygens (including phenoxy) is 2. The molecule has 0 amide bonds. The van der Waals surface area contributed by atoms with Crippen LogP contribution < -0.4 is 9.47 Å². The van der Waals surface area contributed by atoms with Gasteiger partial charge in [-0.25, -0.2) is 15.0 Å². The van der Waals surface area contributed by atoms with Crippen molar-refractivity contribution < 1.29 is 13.9 Å². The smallest absolute Gasteiger partial charge is 0.177 e. The van der Waals surface area contributed by atoms with Gasteiger partial charge in [0.05, 0.1) is 5.41 Å². The standard InChI is InChI=1S/C52H31N3O3/c1-3-15-35(16-4-1)52(36-17-5-2-6-18-36)42-22-9-7-19-38(42)41-29-47-48(30-43(41)52)58-49-37(21-12-24-45(49)57-47)32-13-11-14-33(27-32)50-53-31-54-51(55-50)34-25-26-40-39-20-8-10-23-44(39)56-46(40)28-34/h1-31H. The Morgan fingerprint density at radius 3 is 1.88 bits per heavy atom. The van der Waals surface area contributed by atoms with E-state index in [1.165, 1.54) is 22.3 Å². The van der Waals surface area contributed by atoms with Gasteiger partial charge < -0.3 is 13.9 Å². The summed E-state index contributed by atoms with van der Waals surface area (Å²) in [6, 6.07) is 63.0. The molecule has 0 saturated heterocycles. The highest BCUT2D eigenvalue weighted by atomic mass is 16.6. The zero-order valence-electron chi connectivity index (χ0n) is 31.0. The van der Waals surface area contributed by atoms with Crippen molar-refractivity contribution in [3.8, 4) is 68.0 Å². The van der Waals surface area contributed by atoms with Crippen LogP contribution in [0.25, 0.3) is 67.0 Å². The second-order valence-electron chi connectivity index (χ2n) is 14.7. The molecule has 0 radical (unpaired) electrons. The lowest BCUT2D eigenvalue weighted by Crippen LogP contribution is -2.28. The normalized spacial score (nSPS) is 13.2. The highest BCUT2D eigenvalue weighted by Gasteiger charge is 2.47. The zero-order chi connectivity index (χ0) is 38.2. The Balaban J connectivity index is 0.938. The molecule has 0 atom stereocenters. The second-order valence-corrected chi connectivity index (χ2v) is 14.7. The monoisotopic (exact) mass is 745 g/mol. The molecule has 0 unspecified atom stereocenters. The van der Waals surface area contributed by atoms with Crippen LogP contribution in [0.3, 0.4) is 0 Å². The first-order valence-corrected chi connectivity index (χ1v) is 19.3. The lowest BCUT2D eigenvalue weighted by atomic mass is 9.67. The molecule has 3 heterocycles. The minimum Gasteiger partial charge on any atom is -0.456 e. The lowest BCUT2D eigenvalue weighted by Gasteiger charge is -2.34. The SMILES string of the molecule is c1ccc(C2(c3ccccc3)c3ccccc3-c3cc4c(cc32)Oc2c(cccc2-c2cccc(-c3ncnc(-c5ccc6c(c5)oc5ccccc56)n3)c2)O4)cc1. The summed E-state index contributed by atoms with van der Waals surface area (Å²) in [6.07, 6.45) is 1.56. The van der Waals surface area contributed by atoms with E-state index in [-0.39, 0.29) is 0 Å². The van der Waals surface area contributed by atoms with Gasteiger partial charge in [-0.15, -0.1) is 0 Å². The van der Waals surface area contributed by atoms with Gasteiger partial charge in [-0.05, 0) is 81.4 Å². The molecule has 2 aromatic heterocycles. The molecule has 272 valence electrons. The summed E-state index contributed by atoms with van der Waals surface area (Å²) in [5.41, 5.74) is 11.7. The number of furan rings is 1. The maximum atomic E-state index is 6.96. The third kappa shape index (κ3) is 4.82. The fourth-order valence-corrected chi connectivity index (χ4v) is 9.03. The van der Waals surface area contributed by atoms with E-state index >= 15 is 0 Å². The van der Waals surface area contributed by atoms with E-state index in [1.807, 2.05) is 54.6 Å². The molecule has 6 heteroatoms. The minimum atomic E-state index is -0.553. The number of hydrogen-bond acceptors (Lipinski definition) is 6. The van der Waals surface area contributed by atoms with Crippen molar-refractivity contribution in [2.75, 3.05) is 0 Å². The van der Waals surface area contributed by atoms with Crippen molar-refractivity contribution in [2.45, 2.75) is 5.41 Å². The molecule has 1 aliphatic carbocycles. The van der Waals surface area contributed by atoms with Gasteiger partial charge in [0.1, 0.15) is 17.5 Å². The van der Waals surface area contributed by atoms with E-state index in [2.05, 4.69) is 137 Å². The van der Waals surface area contributed by atoms with Crippen LogP contribution in [0, 0.1) is 0 Å². The van der Waals surface area contributed by atoms with Gasteiger partial charge >= 0.3 is 0 Å². The Hall–Kier alpha value is -7.83. The first-order chi connectivity index (χ1) is 28.7. The molecule has 8 aromatic carbocycles. The van der Waals surface area contributed by atoms with Crippen molar-refractivity contribution in [1.82, 2.24) is 15.0 Å². The molecule has 0 fully saturated rings. The van der Waals surface area contributed by atoms with Crippen LogP contribution in [-0.4, -0.2) is 15.0 Å². The van der Waals surface area contributed by atoms with Crippen LogP contribution >= 0.6 is 0 Å². The molecule has 12 rings (SSSR count). The summed E-state index contributed by atoms with van der Waals surface area (Å²) >= 11 is 0. The predicted molar refractivity (Wildman–Crippen MR) is 227 cm³/mol. The average Bonchev–Trinajstić information content (AvgIpc) is 3.81. The van der Waals surface area contributed by atoms with Crippen LogP contribution in [-0.2, 0) is 5.41 Å². The molecule has 0 spiro atoms. The summed E-state index contributed by atoms with van der Waals surface area (Å²) in [7, 11) is 0. The largest absolute Gasteiger partial charge is 0.456 e. The van der Waals surface area contributed by atoms with Gasteiger partial charge in [-0.1, -0.05) is 140 Å². The van der Waals surface area contributed by atoms with E-state index in [0.717, 1.165) is 55.3 Å². The zero-order valence-corrected chi connectivity index (χ0v) is 31.0. The summed E-state index contributed by atoms with van der Waals surface area (Å²) in [6.45, 7) is 0. The first-order valence-electron chi connectivity index (χ1n) is 19.3. The first kappa shape index (κ1) is 32.4. The number of aromatic nitrogens is 3. The van der Waals surface area contributed by atoms with Crippen LogP contribution in [0.4, 0.5) is 0 Å². The van der Waals surface area contributed by atoms with Gasteiger partial charge in [-0.3, -0.25) is 0 Å². The van der Waals surface area contributed by atoms with Crippen molar-refractivity contribution in [3.05, 3.63) is 211 Å². The van der Waals surface area contributed by atoms with E-state index in [0.29, 0.717) is 34.6 Å². The Kier molecular flexibility index (Phi) is 7.04. The highest BCUT2D eigenvalue weighted by Crippen LogP contribution is 2.60. The average molecular weight is 746 g/mol. The van der Waals surface area contributed by atoms with Gasteiger partial charge in [0.25, 0.3) is 0 Å². The highest BCUT2D eigenvalue weighted by molar-refractivity contribution is 6.05. The Labute approximate surface area is 333 Å². The second kappa shape index (κ2) is 12.6. The number of nitrogens with zero attached hydrogens (tertiary/aromatic N) is 3. The number of rotatable bonds is 5. The van der Waals surface area contributed by atoms with Crippen molar-refractivity contribution in [2.24, 2.45) is 0 Å². The molecular weight excluding hydrogens is 715 g/mol. The van der Waals surface area contributed by atoms with Crippen LogP contribution in [0.15, 0.2) is 193 Å². The third-order valence-electron chi connectivity index (χ3n) is 11.6. The Morgan fingerprint density at radius 2 is 1.05 bits per heavy atom. The van der Waals surface area contributed by atoms with E-state index in [4.69, 9.17) is 18.9 Å². The maximum Gasteiger partial charge on any atom is 0.177 e. The topological polar surface area (TPSA) is 70.3 Å². The van der Waals surface area contributed by atoms with Crippen LogP contribution in [0.5, 0.6) is 23.0 Å². The number of para-hydroxylation sites is 2. The van der Waals surface area contributed by atoms with Gasteiger partial charge in [0, 0.05) is 27.5 Å². The quantitative estimate of drug-likeness (QED) is 0.175. The van der Waals surface area contributed by atoms with Gasteiger partial charge in [0.2, 0.25) is 0 Å². The van der Waals surface area contributed by atoms with Gasteiger partial charge in [-0.2, -0.15) is 0 Å². The number of benzene rings is 8. The predicted octanol–water partition coefficient (Wildman–Crippen LogP) is 13.0. The fraction of sp³-hybridized carbons (Fsp3) is 0.0192. The summed E-state index contributed by atoms with van der Waals surface area (Å²) in [4.78, 5) is 14.1. The molecule has 10 aromatic rings. The fourth-order valence-electron chi connectivity index (χ4n) is 9.03. The summed E-state index contributed by atoms with van der Waals surface area (Å²) < 4.78 is 19.8. The van der Waals surface area contributed by atoms with Crippen molar-refractivity contribution in [3.63, 3.8) is 0 Å². The summed E-state index contributed by atoms with van der Waals surface area (Å²) in [5, 5.41) is 2.14. The molecule has 0 saturated carbocycles. The molecule has 0 bridgehead atoms. The van der Waals surface area contributed by atoms with Crippen molar-refractivity contribution in [1.29, 1.82) is 0 Å². The maximum absolute atomic E-state index is 6.96. The van der Waals surface area contributed by atoms with Gasteiger partial charge in [0.15, 0.2) is 34.6 Å². The number of hydrogen-bond donors (Lipinski definition) is 0. The Bertz CT molecular complexity index is 3210. The van der Waals surface area contributed by atoms with Crippen molar-refractivity contribution >= 4 is 21.9 Å². The number of fused-ring (bicyclic) bond motifs is 8. The molecule has 2 aliphatic rings. The van der Waals surface area contributed by atoms with E-state index in [9.17, 15) is 0 Å². The Morgan fingerprint density at radius 1 is 0.397 bits per heavy atom. The molecular formula is C52H31N3O3. The van der Waals surface area contributed by atoms with Crippen LogP contribution in [0.2, 0.25) is 0 Å². The minimum absolute atomic E-state index is 0.553. The van der Waals surface area contributed by atoms with E-state index < -0.39 is 5.41 Å². The molecule has 58 heavy (non-hydrogen) atoms. The molecule has 6 nitrogen and oxygen atoms in total.